The maximum absolute atomic E-state index is 12.5. The Balaban J connectivity index is 1.67. The van der Waals surface area contributed by atoms with Crippen LogP contribution < -0.4 is 10.4 Å². The van der Waals surface area contributed by atoms with Gasteiger partial charge in [0.2, 0.25) is 0 Å². The minimum atomic E-state index is -0.582. The summed E-state index contributed by atoms with van der Waals surface area (Å²) in [7, 11) is 0. The van der Waals surface area contributed by atoms with Gasteiger partial charge in [-0.2, -0.15) is 15.2 Å². The minimum absolute atomic E-state index is 0.198. The molecular formula is C18H16N4O2. The predicted octanol–water partition coefficient (Wildman–Crippen LogP) is 2.44. The molecule has 1 N–H and O–H groups in total. The van der Waals surface area contributed by atoms with E-state index in [1.54, 1.807) is 31.2 Å². The Kier molecular flexibility index (Phi) is 4.47. The molecule has 2 amide bonds. The van der Waals surface area contributed by atoms with Crippen LogP contribution in [-0.4, -0.2) is 23.7 Å². The summed E-state index contributed by atoms with van der Waals surface area (Å²) in [5.41, 5.74) is 4.26. The van der Waals surface area contributed by atoms with Crippen LogP contribution in [0.25, 0.3) is 0 Å². The van der Waals surface area contributed by atoms with E-state index in [0.29, 0.717) is 17.0 Å². The number of hydrazone groups is 2. The second kappa shape index (κ2) is 6.87. The number of nitrogens with one attached hydrogen (secondary N) is 1. The topological polar surface area (TPSA) is 74.1 Å². The number of anilines is 1. The molecule has 1 aliphatic heterocycles. The number of amides is 2. The van der Waals surface area contributed by atoms with Crippen LogP contribution in [-0.2, 0) is 4.79 Å². The second-order valence-electron chi connectivity index (χ2n) is 5.29. The third-order valence-corrected chi connectivity index (χ3v) is 3.61. The van der Waals surface area contributed by atoms with Gasteiger partial charge in [-0.15, -0.1) is 0 Å². The van der Waals surface area contributed by atoms with Crippen LogP contribution in [0.5, 0.6) is 0 Å². The van der Waals surface area contributed by atoms with E-state index in [0.717, 1.165) is 0 Å². The highest BCUT2D eigenvalue weighted by atomic mass is 16.2. The monoisotopic (exact) mass is 320 g/mol. The highest BCUT2D eigenvalue weighted by Gasteiger charge is 2.33. The van der Waals surface area contributed by atoms with Gasteiger partial charge in [-0.05, 0) is 31.2 Å². The fourth-order valence-corrected chi connectivity index (χ4v) is 2.33. The second-order valence-corrected chi connectivity index (χ2v) is 5.29. The first-order valence-electron chi connectivity index (χ1n) is 7.49. The smallest absolute Gasteiger partial charge is 0.271 e. The molecule has 120 valence electrons. The summed E-state index contributed by atoms with van der Waals surface area (Å²) in [6.07, 6.45) is 1.41. The van der Waals surface area contributed by atoms with Gasteiger partial charge in [0.1, 0.15) is 5.92 Å². The van der Waals surface area contributed by atoms with Gasteiger partial charge >= 0.3 is 0 Å². The molecule has 1 heterocycles. The molecule has 0 fully saturated rings. The molecule has 0 saturated heterocycles. The molecule has 0 saturated carbocycles. The molecule has 0 aliphatic carbocycles. The van der Waals surface area contributed by atoms with Crippen LogP contribution in [0.2, 0.25) is 0 Å². The molecule has 0 unspecified atom stereocenters. The molecule has 1 aliphatic rings. The molecule has 2 aromatic carbocycles. The zero-order valence-corrected chi connectivity index (χ0v) is 13.1. The SMILES string of the molecule is CC1=NN(c2ccccc2)C(=O)[C@@H]1/C=N/NC(=O)c1ccccc1. The van der Waals surface area contributed by atoms with E-state index < -0.39 is 5.92 Å². The van der Waals surface area contributed by atoms with Gasteiger partial charge in [0.05, 0.1) is 11.4 Å². The maximum atomic E-state index is 12.5. The molecule has 0 bridgehead atoms. The summed E-state index contributed by atoms with van der Waals surface area (Å²) in [6, 6.07) is 17.9. The Morgan fingerprint density at radius 1 is 1.12 bits per heavy atom. The zero-order valence-electron chi connectivity index (χ0n) is 13.1. The van der Waals surface area contributed by atoms with Gasteiger partial charge in [-0.25, -0.2) is 5.43 Å². The Bertz CT molecular complexity index is 800. The lowest BCUT2D eigenvalue weighted by molar-refractivity contribution is -0.118. The molecule has 0 spiro atoms. The first-order valence-corrected chi connectivity index (χ1v) is 7.49. The summed E-state index contributed by atoms with van der Waals surface area (Å²) in [5.74, 6) is -1.11. The Morgan fingerprint density at radius 2 is 1.75 bits per heavy atom. The van der Waals surface area contributed by atoms with E-state index in [1.165, 1.54) is 11.2 Å². The zero-order chi connectivity index (χ0) is 16.9. The van der Waals surface area contributed by atoms with Crippen LogP contribution in [0.3, 0.4) is 0 Å². The van der Waals surface area contributed by atoms with Gasteiger partial charge in [-0.3, -0.25) is 9.59 Å². The van der Waals surface area contributed by atoms with E-state index in [9.17, 15) is 9.59 Å². The summed E-state index contributed by atoms with van der Waals surface area (Å²) >= 11 is 0. The fourth-order valence-electron chi connectivity index (χ4n) is 2.33. The van der Waals surface area contributed by atoms with E-state index >= 15 is 0 Å². The van der Waals surface area contributed by atoms with E-state index in [1.807, 2.05) is 36.4 Å². The van der Waals surface area contributed by atoms with Crippen molar-refractivity contribution < 1.29 is 9.59 Å². The molecule has 6 heteroatoms. The van der Waals surface area contributed by atoms with Crippen molar-refractivity contribution in [3.05, 3.63) is 66.2 Å². The number of carbonyl (C=O) groups is 2. The summed E-state index contributed by atoms with van der Waals surface area (Å²) in [5, 5.41) is 9.53. The quantitative estimate of drug-likeness (QED) is 0.694. The number of rotatable bonds is 4. The predicted molar refractivity (Wildman–Crippen MR) is 92.9 cm³/mol. The minimum Gasteiger partial charge on any atom is -0.271 e. The number of benzene rings is 2. The standard InChI is InChI=1S/C18H16N4O2/c1-13-16(12-19-20-17(23)14-8-4-2-5-9-14)18(24)22(21-13)15-10-6-3-7-11-15/h2-12,16H,1H3,(H,20,23)/b19-12+/t16-/m1/s1. The lowest BCUT2D eigenvalue weighted by Crippen LogP contribution is -2.29. The highest BCUT2D eigenvalue weighted by Crippen LogP contribution is 2.22. The summed E-state index contributed by atoms with van der Waals surface area (Å²) in [6.45, 7) is 1.76. The van der Waals surface area contributed by atoms with Crippen molar-refractivity contribution in [2.24, 2.45) is 16.1 Å². The number of nitrogens with zero attached hydrogens (tertiary/aromatic N) is 3. The normalized spacial score (nSPS) is 17.2. The van der Waals surface area contributed by atoms with Crippen molar-refractivity contribution in [3.8, 4) is 0 Å². The van der Waals surface area contributed by atoms with Crippen LogP contribution in [0.4, 0.5) is 5.69 Å². The fraction of sp³-hybridized carbons (Fsp3) is 0.111. The Hall–Kier alpha value is -3.28. The molecule has 0 aromatic heterocycles. The summed E-state index contributed by atoms with van der Waals surface area (Å²) < 4.78 is 0. The molecule has 3 rings (SSSR count). The number of hydrogen-bond acceptors (Lipinski definition) is 4. The molecular weight excluding hydrogens is 304 g/mol. The lowest BCUT2D eigenvalue weighted by atomic mass is 10.1. The van der Waals surface area contributed by atoms with Crippen LogP contribution in [0.1, 0.15) is 17.3 Å². The van der Waals surface area contributed by atoms with E-state index in [-0.39, 0.29) is 11.8 Å². The van der Waals surface area contributed by atoms with Gasteiger partial charge in [0.25, 0.3) is 11.8 Å². The Labute approximate surface area is 139 Å². The van der Waals surface area contributed by atoms with Crippen LogP contribution in [0, 0.1) is 5.92 Å². The Morgan fingerprint density at radius 3 is 2.42 bits per heavy atom. The average molecular weight is 320 g/mol. The molecule has 1 atom stereocenters. The molecule has 0 radical (unpaired) electrons. The van der Waals surface area contributed by atoms with E-state index in [4.69, 9.17) is 0 Å². The van der Waals surface area contributed by atoms with Gasteiger partial charge < -0.3 is 0 Å². The summed E-state index contributed by atoms with van der Waals surface area (Å²) in [4.78, 5) is 24.4. The largest absolute Gasteiger partial charge is 0.271 e. The van der Waals surface area contributed by atoms with Crippen molar-refractivity contribution in [2.75, 3.05) is 5.01 Å². The maximum Gasteiger partial charge on any atom is 0.271 e. The average Bonchev–Trinajstić information content (AvgIpc) is 2.91. The first kappa shape index (κ1) is 15.6. The number of para-hydroxylation sites is 1. The molecule has 24 heavy (non-hydrogen) atoms. The van der Waals surface area contributed by atoms with Crippen molar-refractivity contribution in [1.29, 1.82) is 0 Å². The first-order chi connectivity index (χ1) is 11.7. The van der Waals surface area contributed by atoms with Crippen molar-refractivity contribution in [2.45, 2.75) is 6.92 Å². The lowest BCUT2D eigenvalue weighted by Gasteiger charge is -2.12. The molecule has 2 aromatic rings. The number of hydrogen-bond donors (Lipinski definition) is 1. The van der Waals surface area contributed by atoms with Gasteiger partial charge in [-0.1, -0.05) is 36.4 Å². The van der Waals surface area contributed by atoms with Crippen molar-refractivity contribution in [3.63, 3.8) is 0 Å². The van der Waals surface area contributed by atoms with Gasteiger partial charge in [0, 0.05) is 11.8 Å². The highest BCUT2D eigenvalue weighted by molar-refractivity contribution is 6.23. The van der Waals surface area contributed by atoms with Crippen molar-refractivity contribution >= 4 is 29.4 Å². The molecule has 6 nitrogen and oxygen atoms in total. The third-order valence-electron chi connectivity index (χ3n) is 3.61. The van der Waals surface area contributed by atoms with E-state index in [2.05, 4.69) is 15.6 Å². The van der Waals surface area contributed by atoms with Gasteiger partial charge in [0.15, 0.2) is 0 Å². The third kappa shape index (κ3) is 3.22. The van der Waals surface area contributed by atoms with Crippen LogP contribution >= 0.6 is 0 Å². The number of carbonyl (C=O) groups excluding carboxylic acids is 2. The van der Waals surface area contributed by atoms with Crippen LogP contribution in [0.15, 0.2) is 70.9 Å². The van der Waals surface area contributed by atoms with Crippen molar-refractivity contribution in [1.82, 2.24) is 5.43 Å².